The minimum absolute atomic E-state index is 0.0840. The number of nitrogens with one attached hydrogen (secondary N) is 8. The van der Waals surface area contributed by atoms with Gasteiger partial charge in [-0.2, -0.15) is 0 Å². The first kappa shape index (κ1) is 121. The van der Waals surface area contributed by atoms with Crippen molar-refractivity contribution >= 4 is 84.9 Å². The Hall–Kier alpha value is -7.48. The zero-order chi connectivity index (χ0) is 105. The number of allylic oxidation sites excluding steroid dienone is 1. The number of hydrogen-bond donors (Lipinski definition) is 19. The predicted molar refractivity (Wildman–Crippen MR) is 542 cm³/mol. The van der Waals surface area contributed by atoms with E-state index in [0.717, 1.165) is 99.7 Å². The van der Waals surface area contributed by atoms with Crippen LogP contribution in [0.2, 0.25) is 5.82 Å². The molecule has 42 nitrogen and oxygen atoms in total. The van der Waals surface area contributed by atoms with Crippen LogP contribution in [-0.4, -0.2) is 383 Å². The van der Waals surface area contributed by atoms with Gasteiger partial charge in [-0.3, -0.25) is 38.4 Å². The number of ether oxygens (including phenoxy) is 11. The van der Waals surface area contributed by atoms with Crippen molar-refractivity contribution in [2.24, 2.45) is 11.7 Å². The largest absolute Gasteiger partial charge is 0.402 e. The topological polar surface area (TPSA) is 588 Å². The number of fused-ring (bicyclic) bond motifs is 3. The molecule has 7 aliphatic rings. The summed E-state index contributed by atoms with van der Waals surface area (Å²) in [5, 5.41) is 127. The van der Waals surface area contributed by atoms with E-state index in [1.165, 1.54) is 26.1 Å². The number of likely N-dealkylation sites (tertiary alicyclic amines) is 1. The van der Waals surface area contributed by atoms with E-state index in [0.29, 0.717) is 141 Å². The Morgan fingerprint density at radius 3 is 1.52 bits per heavy atom. The summed E-state index contributed by atoms with van der Waals surface area (Å²) in [5.74, 6) is -3.31. The summed E-state index contributed by atoms with van der Waals surface area (Å²) in [4.78, 5) is 109. The number of hydrogen-bond acceptors (Lipinski definition) is 34. The molecule has 820 valence electrons. The second kappa shape index (κ2) is 64.9. The van der Waals surface area contributed by atoms with E-state index in [2.05, 4.69) is 110 Å². The highest BCUT2D eigenvalue weighted by Crippen LogP contribution is 2.58. The Morgan fingerprint density at radius 2 is 1.01 bits per heavy atom. The first-order valence-corrected chi connectivity index (χ1v) is 53.6. The van der Waals surface area contributed by atoms with Crippen LogP contribution in [0.4, 0.5) is 5.69 Å². The van der Waals surface area contributed by atoms with Crippen molar-refractivity contribution in [2.75, 3.05) is 170 Å². The van der Waals surface area contributed by atoms with E-state index in [-0.39, 0.29) is 154 Å². The molecule has 0 spiro atoms. The maximum Gasteiger partial charge on any atom is 0.248 e. The number of nitrogens with two attached hydrogens (primary N) is 1. The highest BCUT2D eigenvalue weighted by atomic mass is 31.1. The lowest BCUT2D eigenvalue weighted by molar-refractivity contribution is -0.475. The summed E-state index contributed by atoms with van der Waals surface area (Å²) in [6, 6.07) is 14.3. The van der Waals surface area contributed by atoms with Crippen LogP contribution in [0, 0.1) is 5.92 Å². The van der Waals surface area contributed by atoms with E-state index in [1.807, 2.05) is 12.1 Å². The number of unbranched alkanes of at least 4 members (excludes halogenated alkanes) is 16. The fourth-order valence-corrected chi connectivity index (χ4v) is 20.1. The molecule has 20 N–H and O–H groups in total. The van der Waals surface area contributed by atoms with Gasteiger partial charge in [-0.05, 0) is 120 Å². The first-order chi connectivity index (χ1) is 70.0. The number of carbonyl (C=O) groups excluding carboxylic acids is 8. The van der Waals surface area contributed by atoms with Crippen molar-refractivity contribution in [2.45, 2.75) is 316 Å². The summed E-state index contributed by atoms with van der Waals surface area (Å²) < 4.78 is 77.8. The van der Waals surface area contributed by atoms with Gasteiger partial charge >= 0.3 is 0 Å². The monoisotopic (exact) mass is 2070 g/mol. The van der Waals surface area contributed by atoms with Gasteiger partial charge in [-0.1, -0.05) is 119 Å². The van der Waals surface area contributed by atoms with Crippen molar-refractivity contribution in [1.82, 2.24) is 47.4 Å². The van der Waals surface area contributed by atoms with Crippen LogP contribution >= 0.6 is 8.00 Å². The third-order valence-electron chi connectivity index (χ3n) is 27.2. The molecule has 1 aliphatic carbocycles. The van der Waals surface area contributed by atoms with Gasteiger partial charge in [0.1, 0.15) is 81.1 Å². The van der Waals surface area contributed by atoms with Crippen LogP contribution in [0.25, 0.3) is 11.4 Å². The zero-order valence-electron chi connectivity index (χ0n) is 85.5. The molecular formula is C101H167BN11O31P. The summed E-state index contributed by atoms with van der Waals surface area (Å²) in [6.45, 7) is 10.9. The van der Waals surface area contributed by atoms with Gasteiger partial charge < -0.3 is 170 Å². The molecule has 2 aromatic rings. The molecule has 18 atom stereocenters. The summed E-state index contributed by atoms with van der Waals surface area (Å²) in [6.07, 6.45) is 7.54. The van der Waals surface area contributed by atoms with Crippen LogP contribution in [0.5, 0.6) is 0 Å². The van der Waals surface area contributed by atoms with Gasteiger partial charge in [0.15, 0.2) is 37.3 Å². The first-order valence-electron chi connectivity index (χ1n) is 52.3. The maximum atomic E-state index is 14.8. The molecule has 17 unspecified atom stereocenters. The molecule has 44 heteroatoms. The summed E-state index contributed by atoms with van der Waals surface area (Å²) in [7, 11) is -0.532. The number of anilines is 1. The lowest BCUT2D eigenvalue weighted by Gasteiger charge is -2.73. The molecule has 0 radical (unpaired) electrons. The van der Waals surface area contributed by atoms with Gasteiger partial charge in [0.25, 0.3) is 0 Å². The van der Waals surface area contributed by atoms with Crippen LogP contribution in [-0.2, 0) is 106 Å². The third kappa shape index (κ3) is 38.4. The number of rotatable bonds is 73. The third-order valence-corrected chi connectivity index (χ3v) is 28.9. The molecule has 2 aromatic carbocycles. The minimum Gasteiger partial charge on any atom is -0.402 e. The number of carbonyl (C=O) groups is 8. The van der Waals surface area contributed by atoms with Crippen LogP contribution in [0.3, 0.4) is 0 Å². The molecule has 6 aliphatic heterocycles. The normalized spacial score (nSPS) is 26.0. The fraction of sp³-hybridized carbons (Fsp3) is 0.752. The Morgan fingerprint density at radius 1 is 0.531 bits per heavy atom. The Kier molecular flexibility index (Phi) is 54.2. The van der Waals surface area contributed by atoms with Gasteiger partial charge in [-0.25, -0.2) is 0 Å². The summed E-state index contributed by atoms with van der Waals surface area (Å²) in [5.41, 5.74) is 8.23. The van der Waals surface area contributed by atoms with E-state index < -0.39 is 154 Å². The van der Waals surface area contributed by atoms with Gasteiger partial charge in [0, 0.05) is 141 Å². The van der Waals surface area contributed by atoms with E-state index in [9.17, 15) is 89.4 Å². The van der Waals surface area contributed by atoms with Crippen LogP contribution in [0.15, 0.2) is 60.7 Å². The van der Waals surface area contributed by atoms with Crippen LogP contribution < -0.4 is 53.2 Å². The van der Waals surface area contributed by atoms with Crippen LogP contribution in [0.1, 0.15) is 218 Å². The Balaban J connectivity index is 0.738. The maximum absolute atomic E-state index is 14.8. The molecule has 145 heavy (non-hydrogen) atoms. The molecule has 1 saturated carbocycles. The zero-order valence-corrected chi connectivity index (χ0v) is 86.5. The minimum atomic E-state index is -1.58. The number of aliphatic hydroxyl groups is 10. The average molecular weight is 2070 g/mol. The molecule has 5 saturated heterocycles. The number of benzene rings is 2. The van der Waals surface area contributed by atoms with Crippen molar-refractivity contribution < 1.29 is 151 Å². The average Bonchev–Trinajstić information content (AvgIpc) is 1.13. The Labute approximate surface area is 853 Å². The molecule has 9 rings (SSSR count). The van der Waals surface area contributed by atoms with Crippen molar-refractivity contribution in [1.29, 1.82) is 0 Å². The molecule has 0 bridgehead atoms. The highest BCUT2D eigenvalue weighted by molar-refractivity contribution is 7.49. The molecule has 6 fully saturated rings. The second-order valence-electron chi connectivity index (χ2n) is 39.0. The number of piperidine rings is 1. The number of aliphatic hydroxyl groups excluding tert-OH is 10. The second-order valence-corrected chi connectivity index (χ2v) is 41.2. The van der Waals surface area contributed by atoms with Gasteiger partial charge in [0.2, 0.25) is 47.3 Å². The van der Waals surface area contributed by atoms with E-state index in [4.69, 9.17) is 66.9 Å². The molecular weight excluding hydrogens is 1900 g/mol. The van der Waals surface area contributed by atoms with Gasteiger partial charge in [0.05, 0.1) is 104 Å². The number of nitrogens with zero attached hydrogens (tertiary/aromatic N) is 2. The van der Waals surface area contributed by atoms with Crippen molar-refractivity contribution in [3.63, 3.8) is 0 Å². The van der Waals surface area contributed by atoms with Crippen molar-refractivity contribution in [3.05, 3.63) is 77.4 Å². The quantitative estimate of drug-likeness (QED) is 0.0192. The van der Waals surface area contributed by atoms with Gasteiger partial charge in [-0.15, -0.1) is 0 Å². The summed E-state index contributed by atoms with van der Waals surface area (Å²) >= 11 is 0. The number of amides is 8. The standard InChI is InChI=1S/C101H167BN11O31P/c1-68(2)145(140-52-30-13-6-8-18-35-76-94(130)102-76)141-53-31-14-7-12-26-46-113-60-73-32-19-20-33-74(73)85(84(103)75-34-21-22-36-77(75)113)107-45-57-132-58-59-133-63-83(123)112-47-37-72(38-48-112)95(131)111-99(65-134-54-39-80(120)104-42-23-9-15-27-49-137-96-86(108-69(3)117)90(126)88(124)78(61-114)142-96,66-135-55-40-81(121)105-43-24-10-16-28-50-138-97-87(109-70(4)118)91(127)89(125)79(62-115)143-97)67-136-56-41-82(122)106-44-25-11-17-29-51-139-98-101(110-71(5)119)93(129)92(128)100(101,64-116)144-98/h18-22,32-36,72,76,78-79,86-94,96-98,102,107,114-116,124-130,145H,6-17,23-31,37-67,103H2,1-5H3,(H,104,120)(H,105,121)(H,106,122)(H,108,117)(H,109,118)(H,110,119)(H,111,131)/b35-18+,85-84-/t76-,78?,79?,86?,87?,88?,89?,90?,91?,92?,93?,94?,96?,97?,98?,99?,100?,101?/m0/s1. The SMILES string of the molecule is CC(=O)NC1C(OCCCCCCNC(=O)CCOCC(COCCC(=O)NCCCCCCOC2OC(CO)C(O)C(O)C2NC(C)=O)(COCCC(=O)NCCCCCCOC2OC3(CO)C(O)C(O)C23NC(C)=O)NC(=O)C2CCN(C(=O)COCCOCCN/C3=C(\N)c4ccccc4N(CCCCCCCO[PH](OCCCCC/C=C/[C@@H]4BC4O)=C(C)C)Cc4ccccc43)CC2)OC(CO)C(O)C1O. The smallest absolute Gasteiger partial charge is 0.248 e. The van der Waals surface area contributed by atoms with E-state index in [1.54, 1.807) is 4.90 Å². The molecule has 6 heterocycles. The Bertz CT molecular complexity index is 4190. The fourth-order valence-electron chi connectivity index (χ4n) is 18.8. The van der Waals surface area contributed by atoms with Crippen molar-refractivity contribution in [3.8, 4) is 0 Å². The van der Waals surface area contributed by atoms with E-state index >= 15 is 0 Å². The number of para-hydroxylation sites is 1. The predicted octanol–water partition coefficient (Wildman–Crippen LogP) is 1.31. The lowest BCUT2D eigenvalue weighted by atomic mass is 9.53. The molecule has 0 aromatic heterocycles. The molecule has 8 amide bonds. The highest BCUT2D eigenvalue weighted by Gasteiger charge is 2.85. The lowest BCUT2D eigenvalue weighted by Crippen LogP contribution is -3.00.